The maximum Gasteiger partial charge on any atom is 0.245 e. The van der Waals surface area contributed by atoms with Gasteiger partial charge in [0.25, 0.3) is 0 Å². The number of imidazole rings is 1. The molecular weight excluding hydrogens is 344 g/mol. The Morgan fingerprint density at radius 2 is 2.15 bits per heavy atom. The molecular formula is C19H30N6O2. The second-order valence-corrected chi connectivity index (χ2v) is 7.81. The molecule has 0 aliphatic heterocycles. The quantitative estimate of drug-likeness (QED) is 0.799. The SMILES string of the molecule is CCCN(C(=O)C(C)n1cnc2c(N)ncnc21)C1CC(OCC)C1(C)C. The number of hydrogen-bond acceptors (Lipinski definition) is 6. The molecule has 0 aromatic carbocycles. The van der Waals surface area contributed by atoms with E-state index in [2.05, 4.69) is 35.7 Å². The van der Waals surface area contributed by atoms with Crippen LogP contribution in [-0.4, -0.2) is 55.6 Å². The van der Waals surface area contributed by atoms with Crippen molar-refractivity contribution in [2.45, 2.75) is 65.6 Å². The first-order valence-corrected chi connectivity index (χ1v) is 9.67. The third-order valence-corrected chi connectivity index (χ3v) is 5.78. The van der Waals surface area contributed by atoms with Gasteiger partial charge >= 0.3 is 0 Å². The molecule has 2 aromatic rings. The Bertz CT molecular complexity index is 818. The lowest BCUT2D eigenvalue weighted by atomic mass is 9.63. The lowest BCUT2D eigenvalue weighted by Crippen LogP contribution is -2.64. The first kappa shape index (κ1) is 19.5. The van der Waals surface area contributed by atoms with Crippen LogP contribution in [0.5, 0.6) is 0 Å². The van der Waals surface area contributed by atoms with Gasteiger partial charge in [0.2, 0.25) is 5.91 Å². The smallest absolute Gasteiger partial charge is 0.245 e. The summed E-state index contributed by atoms with van der Waals surface area (Å²) in [6.07, 6.45) is 5.00. The minimum Gasteiger partial charge on any atom is -0.382 e. The fraction of sp³-hybridized carbons (Fsp3) is 0.684. The van der Waals surface area contributed by atoms with E-state index in [1.807, 2.05) is 18.7 Å². The highest BCUT2D eigenvalue weighted by atomic mass is 16.5. The predicted molar refractivity (Wildman–Crippen MR) is 104 cm³/mol. The number of nitrogen functional groups attached to an aromatic ring is 1. The van der Waals surface area contributed by atoms with E-state index in [0.717, 1.165) is 19.4 Å². The molecule has 3 rings (SSSR count). The maximum atomic E-state index is 13.4. The Kier molecular flexibility index (Phi) is 5.37. The van der Waals surface area contributed by atoms with Crippen molar-refractivity contribution in [3.63, 3.8) is 0 Å². The molecule has 0 radical (unpaired) electrons. The van der Waals surface area contributed by atoms with Crippen molar-refractivity contribution in [1.29, 1.82) is 0 Å². The number of ether oxygens (including phenoxy) is 1. The van der Waals surface area contributed by atoms with Crippen LogP contribution in [0.4, 0.5) is 5.82 Å². The molecule has 148 valence electrons. The van der Waals surface area contributed by atoms with Gasteiger partial charge in [-0.15, -0.1) is 0 Å². The molecule has 2 N–H and O–H groups in total. The molecule has 1 aliphatic rings. The number of carbonyl (C=O) groups excluding carboxylic acids is 1. The minimum absolute atomic E-state index is 0.0653. The Morgan fingerprint density at radius 1 is 1.41 bits per heavy atom. The van der Waals surface area contributed by atoms with E-state index >= 15 is 0 Å². The summed E-state index contributed by atoms with van der Waals surface area (Å²) in [5.74, 6) is 0.393. The molecule has 0 saturated heterocycles. The zero-order valence-corrected chi connectivity index (χ0v) is 16.8. The zero-order valence-electron chi connectivity index (χ0n) is 16.8. The monoisotopic (exact) mass is 374 g/mol. The van der Waals surface area contributed by atoms with Crippen molar-refractivity contribution in [3.8, 4) is 0 Å². The van der Waals surface area contributed by atoms with E-state index < -0.39 is 6.04 Å². The van der Waals surface area contributed by atoms with Gasteiger partial charge in [-0.25, -0.2) is 15.0 Å². The van der Waals surface area contributed by atoms with Crippen LogP contribution in [0.3, 0.4) is 0 Å². The molecule has 8 nitrogen and oxygen atoms in total. The fourth-order valence-electron chi connectivity index (χ4n) is 4.05. The van der Waals surface area contributed by atoms with E-state index in [0.29, 0.717) is 23.6 Å². The van der Waals surface area contributed by atoms with Crippen LogP contribution in [0.2, 0.25) is 0 Å². The van der Waals surface area contributed by atoms with Crippen molar-refractivity contribution in [2.24, 2.45) is 5.41 Å². The number of carbonyl (C=O) groups is 1. The van der Waals surface area contributed by atoms with Gasteiger partial charge in [0, 0.05) is 24.6 Å². The van der Waals surface area contributed by atoms with Crippen molar-refractivity contribution in [3.05, 3.63) is 12.7 Å². The van der Waals surface area contributed by atoms with Gasteiger partial charge in [-0.2, -0.15) is 0 Å². The zero-order chi connectivity index (χ0) is 19.8. The van der Waals surface area contributed by atoms with Crippen LogP contribution < -0.4 is 5.73 Å². The van der Waals surface area contributed by atoms with Gasteiger partial charge in [-0.1, -0.05) is 20.8 Å². The lowest BCUT2D eigenvalue weighted by molar-refractivity contribution is -0.169. The van der Waals surface area contributed by atoms with Gasteiger partial charge in [0.15, 0.2) is 11.5 Å². The third-order valence-electron chi connectivity index (χ3n) is 5.78. The highest BCUT2D eigenvalue weighted by Gasteiger charge is 2.52. The van der Waals surface area contributed by atoms with Crippen molar-refractivity contribution in [1.82, 2.24) is 24.4 Å². The second-order valence-electron chi connectivity index (χ2n) is 7.81. The second kappa shape index (κ2) is 7.42. The number of anilines is 1. The topological polar surface area (TPSA) is 99.2 Å². The van der Waals surface area contributed by atoms with Crippen LogP contribution in [0.15, 0.2) is 12.7 Å². The van der Waals surface area contributed by atoms with Crippen LogP contribution >= 0.6 is 0 Å². The summed E-state index contributed by atoms with van der Waals surface area (Å²) in [5, 5.41) is 0. The summed E-state index contributed by atoms with van der Waals surface area (Å²) >= 11 is 0. The summed E-state index contributed by atoms with van der Waals surface area (Å²) in [6.45, 7) is 11.8. The summed E-state index contributed by atoms with van der Waals surface area (Å²) in [6, 6.07) is -0.253. The van der Waals surface area contributed by atoms with Crippen LogP contribution in [0, 0.1) is 5.41 Å². The Morgan fingerprint density at radius 3 is 2.78 bits per heavy atom. The first-order valence-electron chi connectivity index (χ1n) is 9.67. The number of amides is 1. The van der Waals surface area contributed by atoms with Gasteiger partial charge in [0.1, 0.15) is 17.9 Å². The molecule has 2 aromatic heterocycles. The van der Waals surface area contributed by atoms with Gasteiger partial charge in [-0.05, 0) is 26.7 Å². The third kappa shape index (κ3) is 3.26. The highest BCUT2D eigenvalue weighted by molar-refractivity contribution is 5.85. The molecule has 0 bridgehead atoms. The predicted octanol–water partition coefficient (Wildman–Crippen LogP) is 2.41. The first-order chi connectivity index (χ1) is 12.8. The van der Waals surface area contributed by atoms with E-state index in [4.69, 9.17) is 10.5 Å². The molecule has 1 fully saturated rings. The lowest BCUT2D eigenvalue weighted by Gasteiger charge is -2.56. The molecule has 1 amide bonds. The maximum absolute atomic E-state index is 13.4. The molecule has 8 heteroatoms. The molecule has 1 saturated carbocycles. The number of aromatic nitrogens is 4. The van der Waals surface area contributed by atoms with Crippen LogP contribution in [-0.2, 0) is 9.53 Å². The van der Waals surface area contributed by atoms with Crippen LogP contribution in [0.1, 0.15) is 53.5 Å². The van der Waals surface area contributed by atoms with E-state index in [1.54, 1.807) is 10.9 Å². The Balaban J connectivity index is 1.85. The van der Waals surface area contributed by atoms with E-state index in [9.17, 15) is 4.79 Å². The Hall–Kier alpha value is -2.22. The number of rotatable bonds is 7. The van der Waals surface area contributed by atoms with Gasteiger partial charge in [-0.3, -0.25) is 4.79 Å². The van der Waals surface area contributed by atoms with Gasteiger partial charge in [0.05, 0.1) is 12.4 Å². The minimum atomic E-state index is -0.419. The van der Waals surface area contributed by atoms with E-state index in [1.165, 1.54) is 6.33 Å². The average molecular weight is 374 g/mol. The molecule has 27 heavy (non-hydrogen) atoms. The standard InChI is InChI=1S/C19H30N6O2/c1-6-8-24(13-9-14(27-7-2)19(13,4)5)18(26)12(3)25-11-23-15-16(20)21-10-22-17(15)25/h10-14H,6-9H2,1-5H3,(H2,20,21,22). The van der Waals surface area contributed by atoms with Gasteiger partial charge < -0.3 is 19.9 Å². The highest BCUT2D eigenvalue weighted by Crippen LogP contribution is 2.46. The van der Waals surface area contributed by atoms with Crippen molar-refractivity contribution >= 4 is 22.9 Å². The van der Waals surface area contributed by atoms with Crippen LogP contribution in [0.25, 0.3) is 11.2 Å². The number of hydrogen-bond donors (Lipinski definition) is 1. The normalized spacial score (nSPS) is 22.4. The fourth-order valence-corrected chi connectivity index (χ4v) is 4.05. The van der Waals surface area contributed by atoms with E-state index in [-0.39, 0.29) is 23.5 Å². The molecule has 3 unspecified atom stereocenters. The van der Waals surface area contributed by atoms with Crippen molar-refractivity contribution < 1.29 is 9.53 Å². The number of nitrogens with two attached hydrogens (primary N) is 1. The molecule has 2 heterocycles. The number of fused-ring (bicyclic) bond motifs is 1. The average Bonchev–Trinajstić information content (AvgIpc) is 3.08. The summed E-state index contributed by atoms with van der Waals surface area (Å²) in [7, 11) is 0. The Labute approximate surface area is 160 Å². The largest absolute Gasteiger partial charge is 0.382 e. The summed E-state index contributed by atoms with van der Waals surface area (Å²) in [4.78, 5) is 28.0. The molecule has 0 spiro atoms. The summed E-state index contributed by atoms with van der Waals surface area (Å²) < 4.78 is 7.63. The molecule has 3 atom stereocenters. The molecule has 1 aliphatic carbocycles. The summed E-state index contributed by atoms with van der Waals surface area (Å²) in [5.41, 5.74) is 6.92. The van der Waals surface area contributed by atoms with Crippen molar-refractivity contribution in [2.75, 3.05) is 18.9 Å². The number of nitrogens with zero attached hydrogens (tertiary/aromatic N) is 5.